The maximum Gasteiger partial charge on any atom is 0.244 e. The molecule has 0 heterocycles. The highest BCUT2D eigenvalue weighted by atomic mass is 28.4. The van der Waals surface area contributed by atoms with E-state index in [2.05, 4.69) is 50.3 Å². The first-order chi connectivity index (χ1) is 7.92. The summed E-state index contributed by atoms with van der Waals surface area (Å²) in [6.07, 6.45) is 2.84. The van der Waals surface area contributed by atoms with E-state index < -0.39 is 8.32 Å². The van der Waals surface area contributed by atoms with E-state index in [0.29, 0.717) is 5.88 Å². The number of aryl methyl sites for hydroxylation is 1. The van der Waals surface area contributed by atoms with E-state index in [1.54, 1.807) is 0 Å². The highest BCUT2D eigenvalue weighted by Crippen LogP contribution is 2.11. The summed E-state index contributed by atoms with van der Waals surface area (Å²) in [6.45, 7) is 12.3. The fourth-order valence-corrected chi connectivity index (χ4v) is 2.26. The maximum atomic E-state index is 5.68. The van der Waals surface area contributed by atoms with E-state index in [9.17, 15) is 0 Å². The molecule has 1 aromatic carbocycles. The predicted octanol–water partition coefficient (Wildman–Crippen LogP) is 3.99. The van der Waals surface area contributed by atoms with Crippen LogP contribution in [0.1, 0.15) is 18.1 Å². The highest BCUT2D eigenvalue weighted by Gasteiger charge is 2.16. The van der Waals surface area contributed by atoms with Crippen LogP contribution in [-0.4, -0.2) is 14.5 Å². The number of hydrogen-bond acceptors (Lipinski definition) is 2. The molecule has 0 fully saturated rings. The SMILES string of the molecule is C=C(/N=C/c1ccccc1CC)O[Si](C)(C)C. The Morgan fingerprint density at radius 2 is 2.00 bits per heavy atom. The van der Waals surface area contributed by atoms with E-state index in [-0.39, 0.29) is 0 Å². The summed E-state index contributed by atoms with van der Waals surface area (Å²) in [5.74, 6) is 0.509. The van der Waals surface area contributed by atoms with Crippen LogP contribution in [0.15, 0.2) is 41.7 Å². The molecule has 17 heavy (non-hydrogen) atoms. The van der Waals surface area contributed by atoms with Crippen LogP contribution in [0.2, 0.25) is 19.6 Å². The Balaban J connectivity index is 2.74. The van der Waals surface area contributed by atoms with Gasteiger partial charge in [-0.3, -0.25) is 0 Å². The third-order valence-electron chi connectivity index (χ3n) is 2.21. The van der Waals surface area contributed by atoms with Gasteiger partial charge in [-0.15, -0.1) is 0 Å². The average molecular weight is 247 g/mol. The second-order valence-electron chi connectivity index (χ2n) is 4.92. The minimum absolute atomic E-state index is 0.509. The Morgan fingerprint density at radius 3 is 2.59 bits per heavy atom. The zero-order chi connectivity index (χ0) is 12.9. The van der Waals surface area contributed by atoms with Gasteiger partial charge < -0.3 is 4.43 Å². The molecular formula is C14H21NOSi. The number of nitrogens with zero attached hydrogens (tertiary/aromatic N) is 1. The Hall–Kier alpha value is -1.35. The number of hydrogen-bond donors (Lipinski definition) is 0. The summed E-state index contributed by atoms with van der Waals surface area (Å²) in [5, 5.41) is 0. The van der Waals surface area contributed by atoms with Crippen molar-refractivity contribution >= 4 is 14.5 Å². The lowest BCUT2D eigenvalue weighted by Gasteiger charge is -2.18. The molecule has 0 aromatic heterocycles. The average Bonchev–Trinajstić information content (AvgIpc) is 2.24. The molecule has 1 aromatic rings. The molecule has 92 valence electrons. The molecule has 3 heteroatoms. The Labute approximate surface area is 105 Å². The van der Waals surface area contributed by atoms with Crippen molar-refractivity contribution in [2.24, 2.45) is 4.99 Å². The molecule has 2 nitrogen and oxygen atoms in total. The molecule has 0 saturated heterocycles. The van der Waals surface area contributed by atoms with Gasteiger partial charge in [-0.25, -0.2) is 4.99 Å². The van der Waals surface area contributed by atoms with E-state index in [1.165, 1.54) is 5.56 Å². The molecule has 0 aliphatic rings. The molecule has 0 atom stereocenters. The second kappa shape index (κ2) is 5.82. The van der Waals surface area contributed by atoms with Crippen LogP contribution in [0.4, 0.5) is 0 Å². The summed E-state index contributed by atoms with van der Waals surface area (Å²) >= 11 is 0. The Morgan fingerprint density at radius 1 is 1.35 bits per heavy atom. The lowest BCUT2D eigenvalue weighted by atomic mass is 10.1. The topological polar surface area (TPSA) is 21.6 Å². The van der Waals surface area contributed by atoms with Gasteiger partial charge in [0.1, 0.15) is 0 Å². The normalized spacial score (nSPS) is 11.8. The van der Waals surface area contributed by atoms with Crippen molar-refractivity contribution in [2.45, 2.75) is 33.0 Å². The molecule has 0 bridgehead atoms. The monoisotopic (exact) mass is 247 g/mol. The molecular weight excluding hydrogens is 226 g/mol. The Bertz CT molecular complexity index is 418. The van der Waals surface area contributed by atoms with Gasteiger partial charge in [-0.2, -0.15) is 0 Å². The molecule has 0 unspecified atom stereocenters. The third-order valence-corrected chi connectivity index (χ3v) is 3.06. The van der Waals surface area contributed by atoms with Crippen molar-refractivity contribution in [1.29, 1.82) is 0 Å². The van der Waals surface area contributed by atoms with Crippen LogP contribution >= 0.6 is 0 Å². The first-order valence-corrected chi connectivity index (χ1v) is 9.33. The fourth-order valence-electron chi connectivity index (χ4n) is 1.50. The summed E-state index contributed by atoms with van der Waals surface area (Å²) in [7, 11) is -1.59. The fraction of sp³-hybridized carbons (Fsp3) is 0.357. The summed E-state index contributed by atoms with van der Waals surface area (Å²) in [6, 6.07) is 8.24. The van der Waals surface area contributed by atoms with Crippen LogP contribution in [0.5, 0.6) is 0 Å². The first kappa shape index (κ1) is 13.7. The van der Waals surface area contributed by atoms with Crippen molar-refractivity contribution in [3.8, 4) is 0 Å². The summed E-state index contributed by atoms with van der Waals surface area (Å²) in [4.78, 5) is 4.28. The van der Waals surface area contributed by atoms with Crippen molar-refractivity contribution in [3.05, 3.63) is 47.9 Å². The van der Waals surface area contributed by atoms with Gasteiger partial charge >= 0.3 is 0 Å². The van der Waals surface area contributed by atoms with E-state index in [0.717, 1.165) is 12.0 Å². The summed E-state index contributed by atoms with van der Waals surface area (Å²) < 4.78 is 5.68. The van der Waals surface area contributed by atoms with Gasteiger partial charge in [-0.1, -0.05) is 31.2 Å². The van der Waals surface area contributed by atoms with Crippen LogP contribution < -0.4 is 0 Å². The van der Waals surface area contributed by atoms with Crippen LogP contribution in [-0.2, 0) is 10.8 Å². The minimum Gasteiger partial charge on any atom is -0.532 e. The first-order valence-electron chi connectivity index (χ1n) is 5.92. The molecule has 0 aliphatic heterocycles. The third kappa shape index (κ3) is 5.00. The van der Waals surface area contributed by atoms with E-state index >= 15 is 0 Å². The Kier molecular flexibility index (Phi) is 4.69. The minimum atomic E-state index is -1.59. The van der Waals surface area contributed by atoms with E-state index in [4.69, 9.17) is 4.43 Å². The lowest BCUT2D eigenvalue weighted by Crippen LogP contribution is -2.24. The molecule has 0 radical (unpaired) electrons. The van der Waals surface area contributed by atoms with Gasteiger partial charge in [0.15, 0.2) is 5.88 Å². The van der Waals surface area contributed by atoms with Gasteiger partial charge in [0.05, 0.1) is 0 Å². The quantitative estimate of drug-likeness (QED) is 0.438. The summed E-state index contributed by atoms with van der Waals surface area (Å²) in [5.41, 5.74) is 2.42. The smallest absolute Gasteiger partial charge is 0.244 e. The predicted molar refractivity (Wildman–Crippen MR) is 77.0 cm³/mol. The molecule has 0 N–H and O–H groups in total. The van der Waals surface area contributed by atoms with Crippen molar-refractivity contribution in [3.63, 3.8) is 0 Å². The second-order valence-corrected chi connectivity index (χ2v) is 9.35. The highest BCUT2D eigenvalue weighted by molar-refractivity contribution is 6.70. The number of rotatable bonds is 5. The van der Waals surface area contributed by atoms with Gasteiger partial charge in [-0.05, 0) is 43.8 Å². The standard InChI is InChI=1S/C14H21NOSi/c1-6-13-9-7-8-10-14(13)11-15-12(2)16-17(3,4)5/h7-11H,2,6H2,1,3-5H3/b15-11+. The zero-order valence-electron chi connectivity index (χ0n) is 11.2. The van der Waals surface area contributed by atoms with Gasteiger partial charge in [0.25, 0.3) is 0 Å². The van der Waals surface area contributed by atoms with Crippen molar-refractivity contribution in [1.82, 2.24) is 0 Å². The molecule has 0 amide bonds. The number of benzene rings is 1. The van der Waals surface area contributed by atoms with Gasteiger partial charge in [0, 0.05) is 6.21 Å². The van der Waals surface area contributed by atoms with Crippen LogP contribution in [0.25, 0.3) is 0 Å². The van der Waals surface area contributed by atoms with Crippen molar-refractivity contribution < 1.29 is 4.43 Å². The molecule has 0 spiro atoms. The zero-order valence-corrected chi connectivity index (χ0v) is 12.2. The van der Waals surface area contributed by atoms with Crippen LogP contribution in [0, 0.1) is 0 Å². The maximum absolute atomic E-state index is 5.68. The molecule has 0 aliphatic carbocycles. The largest absolute Gasteiger partial charge is 0.532 e. The molecule has 1 rings (SSSR count). The number of aliphatic imine (C=N–C) groups is 1. The molecule has 0 saturated carbocycles. The van der Waals surface area contributed by atoms with Crippen LogP contribution in [0.3, 0.4) is 0 Å². The van der Waals surface area contributed by atoms with Crippen molar-refractivity contribution in [2.75, 3.05) is 0 Å². The lowest BCUT2D eigenvalue weighted by molar-refractivity contribution is 0.421. The van der Waals surface area contributed by atoms with E-state index in [1.807, 2.05) is 18.3 Å². The van der Waals surface area contributed by atoms with Gasteiger partial charge in [0.2, 0.25) is 8.32 Å².